The van der Waals surface area contributed by atoms with Gasteiger partial charge < -0.3 is 15.5 Å². The molecular weight excluding hydrogens is 350 g/mol. The van der Waals surface area contributed by atoms with E-state index in [1.54, 1.807) is 12.1 Å². The highest BCUT2D eigenvalue weighted by atomic mass is 35.5. The molecule has 1 aromatic carbocycles. The van der Waals surface area contributed by atoms with Gasteiger partial charge in [0.05, 0.1) is 0 Å². The Balaban J connectivity index is 0.00000243. The van der Waals surface area contributed by atoms with E-state index in [4.69, 9.17) is 0 Å². The monoisotopic (exact) mass is 379 g/mol. The Kier molecular flexibility index (Phi) is 7.47. The van der Waals surface area contributed by atoms with E-state index in [1.165, 1.54) is 0 Å². The summed E-state index contributed by atoms with van der Waals surface area (Å²) in [4.78, 5) is 28.0. The number of carbonyl (C=O) groups excluding carboxylic acids is 2. The van der Waals surface area contributed by atoms with Crippen LogP contribution in [0.2, 0.25) is 0 Å². The molecule has 26 heavy (non-hydrogen) atoms. The average Bonchev–Trinajstić information content (AvgIpc) is 2.91. The first-order chi connectivity index (χ1) is 12.1. The van der Waals surface area contributed by atoms with Crippen molar-refractivity contribution in [3.05, 3.63) is 35.9 Å². The van der Waals surface area contributed by atoms with E-state index in [0.717, 1.165) is 38.8 Å². The molecule has 0 aliphatic carbocycles. The fourth-order valence-electron chi connectivity index (χ4n) is 4.00. The highest BCUT2D eigenvalue weighted by Gasteiger charge is 2.41. The van der Waals surface area contributed by atoms with Gasteiger partial charge in [-0.05, 0) is 43.9 Å². The summed E-state index contributed by atoms with van der Waals surface area (Å²) in [5, 5.41) is 6.45. The second-order valence-electron chi connectivity index (χ2n) is 7.33. The van der Waals surface area contributed by atoms with Crippen molar-refractivity contribution in [1.82, 2.24) is 15.5 Å². The third kappa shape index (κ3) is 4.38. The lowest BCUT2D eigenvalue weighted by Gasteiger charge is -2.34. The summed E-state index contributed by atoms with van der Waals surface area (Å²) < 4.78 is 0. The molecule has 2 bridgehead atoms. The third-order valence-electron chi connectivity index (χ3n) is 5.71. The van der Waals surface area contributed by atoms with Gasteiger partial charge in [-0.2, -0.15) is 0 Å². The van der Waals surface area contributed by atoms with Crippen LogP contribution >= 0.6 is 12.4 Å². The predicted molar refractivity (Wildman–Crippen MR) is 106 cm³/mol. The summed E-state index contributed by atoms with van der Waals surface area (Å²) in [6.45, 7) is 5.95. The van der Waals surface area contributed by atoms with Crippen molar-refractivity contribution in [3.8, 4) is 0 Å². The molecule has 2 aliphatic heterocycles. The van der Waals surface area contributed by atoms with E-state index in [-0.39, 0.29) is 36.2 Å². The van der Waals surface area contributed by atoms with E-state index in [9.17, 15) is 9.59 Å². The van der Waals surface area contributed by atoms with E-state index in [1.807, 2.05) is 25.1 Å². The minimum absolute atomic E-state index is 0. The second kappa shape index (κ2) is 9.38. The summed E-state index contributed by atoms with van der Waals surface area (Å²) in [6, 6.07) is 9.26. The molecule has 0 spiro atoms. The third-order valence-corrected chi connectivity index (χ3v) is 5.71. The topological polar surface area (TPSA) is 61.4 Å². The molecule has 3 rings (SSSR count). The average molecular weight is 380 g/mol. The molecule has 2 saturated heterocycles. The van der Waals surface area contributed by atoms with Crippen molar-refractivity contribution >= 4 is 24.2 Å². The predicted octanol–water partition coefficient (Wildman–Crippen LogP) is 2.61. The van der Waals surface area contributed by atoms with Crippen LogP contribution in [0.25, 0.3) is 0 Å². The number of halogens is 1. The van der Waals surface area contributed by atoms with E-state index >= 15 is 0 Å². The van der Waals surface area contributed by atoms with Gasteiger partial charge in [0.2, 0.25) is 5.91 Å². The molecule has 2 aliphatic rings. The zero-order valence-corrected chi connectivity index (χ0v) is 16.4. The van der Waals surface area contributed by atoms with Crippen molar-refractivity contribution in [1.29, 1.82) is 0 Å². The maximum Gasteiger partial charge on any atom is 0.251 e. The van der Waals surface area contributed by atoms with Crippen molar-refractivity contribution in [2.75, 3.05) is 13.1 Å². The van der Waals surface area contributed by atoms with Crippen LogP contribution in [0.1, 0.15) is 49.9 Å². The summed E-state index contributed by atoms with van der Waals surface area (Å²) >= 11 is 0. The molecule has 1 aromatic rings. The molecule has 2 amide bonds. The van der Waals surface area contributed by atoms with E-state index in [0.29, 0.717) is 11.6 Å². The summed E-state index contributed by atoms with van der Waals surface area (Å²) in [5.74, 6) is 0.0325. The quantitative estimate of drug-likeness (QED) is 0.826. The second-order valence-corrected chi connectivity index (χ2v) is 7.33. The Morgan fingerprint density at radius 2 is 1.88 bits per heavy atom. The van der Waals surface area contributed by atoms with Gasteiger partial charge in [0.25, 0.3) is 5.91 Å². The zero-order chi connectivity index (χ0) is 17.8. The largest absolute Gasteiger partial charge is 0.340 e. The van der Waals surface area contributed by atoms with Crippen molar-refractivity contribution < 1.29 is 9.59 Å². The number of fused-ring (bicyclic) bond motifs is 2. The molecule has 0 radical (unpaired) electrons. The molecule has 0 aromatic heterocycles. The Labute approximate surface area is 162 Å². The van der Waals surface area contributed by atoms with Gasteiger partial charge in [-0.25, -0.2) is 0 Å². The number of amides is 2. The smallest absolute Gasteiger partial charge is 0.251 e. The van der Waals surface area contributed by atoms with Gasteiger partial charge in [0, 0.05) is 24.2 Å². The lowest BCUT2D eigenvalue weighted by molar-refractivity contribution is -0.137. The van der Waals surface area contributed by atoms with Crippen LogP contribution in [0.4, 0.5) is 0 Å². The molecule has 6 heteroatoms. The highest BCUT2D eigenvalue weighted by Crippen LogP contribution is 2.29. The van der Waals surface area contributed by atoms with Crippen LogP contribution in [0, 0.1) is 5.92 Å². The van der Waals surface area contributed by atoms with Gasteiger partial charge in [0.15, 0.2) is 0 Å². The molecule has 2 fully saturated rings. The Morgan fingerprint density at radius 1 is 1.19 bits per heavy atom. The van der Waals surface area contributed by atoms with Crippen LogP contribution in [0.3, 0.4) is 0 Å². The molecule has 0 saturated carbocycles. The van der Waals surface area contributed by atoms with Gasteiger partial charge in [-0.1, -0.05) is 38.5 Å². The fraction of sp³-hybridized carbons (Fsp3) is 0.600. The van der Waals surface area contributed by atoms with Crippen molar-refractivity contribution in [3.63, 3.8) is 0 Å². The number of rotatable bonds is 5. The summed E-state index contributed by atoms with van der Waals surface area (Å²) in [7, 11) is 0. The fourth-order valence-corrected chi connectivity index (χ4v) is 4.00. The Morgan fingerprint density at radius 3 is 2.58 bits per heavy atom. The molecule has 4 unspecified atom stereocenters. The standard InChI is InChI=1S/C20H29N3O2.ClH/c1-3-14(2)18(22-19(24)15-7-5-4-6-8-15)20(25)23-16-9-10-17(23)13-21-12-11-16;/h4-8,14,16-18,21H,3,9-13H2,1-2H3,(H,22,24);1H. The number of nitrogens with one attached hydrogen (secondary N) is 2. The first kappa shape index (κ1) is 20.7. The van der Waals surface area contributed by atoms with Crippen molar-refractivity contribution in [2.24, 2.45) is 5.92 Å². The Hall–Kier alpha value is -1.59. The van der Waals surface area contributed by atoms with E-state index < -0.39 is 6.04 Å². The first-order valence-corrected chi connectivity index (χ1v) is 9.50. The van der Waals surface area contributed by atoms with E-state index in [2.05, 4.69) is 22.5 Å². The van der Waals surface area contributed by atoms with Crippen LogP contribution in [0.5, 0.6) is 0 Å². The van der Waals surface area contributed by atoms with Gasteiger partial charge in [0.1, 0.15) is 6.04 Å². The number of benzene rings is 1. The Bertz CT molecular complexity index is 596. The van der Waals surface area contributed by atoms with Gasteiger partial charge >= 0.3 is 0 Å². The van der Waals surface area contributed by atoms with Gasteiger partial charge in [-0.15, -0.1) is 12.4 Å². The minimum atomic E-state index is -0.459. The molecule has 2 heterocycles. The van der Waals surface area contributed by atoms with Crippen LogP contribution in [-0.4, -0.2) is 47.9 Å². The number of nitrogens with zero attached hydrogens (tertiary/aromatic N) is 1. The molecule has 2 N–H and O–H groups in total. The molecule has 5 nitrogen and oxygen atoms in total. The molecule has 4 atom stereocenters. The molecule has 144 valence electrons. The zero-order valence-electron chi connectivity index (χ0n) is 15.6. The molecular formula is C20H30ClN3O2. The number of hydrogen-bond donors (Lipinski definition) is 2. The van der Waals surface area contributed by atoms with Crippen LogP contribution < -0.4 is 10.6 Å². The summed E-state index contributed by atoms with van der Waals surface area (Å²) in [5.41, 5.74) is 0.601. The lowest BCUT2D eigenvalue weighted by Crippen LogP contribution is -2.55. The lowest BCUT2D eigenvalue weighted by atomic mass is 9.96. The van der Waals surface area contributed by atoms with Crippen LogP contribution in [-0.2, 0) is 4.79 Å². The number of hydrogen-bond acceptors (Lipinski definition) is 3. The van der Waals surface area contributed by atoms with Crippen LogP contribution in [0.15, 0.2) is 30.3 Å². The summed E-state index contributed by atoms with van der Waals surface area (Å²) in [6.07, 6.45) is 4.00. The van der Waals surface area contributed by atoms with Gasteiger partial charge in [-0.3, -0.25) is 9.59 Å². The normalized spacial score (nSPS) is 24.2. The maximum absolute atomic E-state index is 13.4. The highest BCUT2D eigenvalue weighted by molar-refractivity contribution is 5.97. The SMILES string of the molecule is CCC(C)C(NC(=O)c1ccccc1)C(=O)N1C2CCNCC1CC2.Cl. The minimum Gasteiger partial charge on any atom is -0.340 e. The first-order valence-electron chi connectivity index (χ1n) is 9.50. The number of carbonyl (C=O) groups is 2. The van der Waals surface area contributed by atoms with Crippen molar-refractivity contribution in [2.45, 2.75) is 57.7 Å². The maximum atomic E-state index is 13.4.